The largest absolute Gasteiger partial charge is 0.302 e. The molecule has 1 unspecified atom stereocenters. The number of amides is 1. The van der Waals surface area contributed by atoms with Crippen molar-refractivity contribution in [2.24, 2.45) is 5.92 Å². The summed E-state index contributed by atoms with van der Waals surface area (Å²) in [6.07, 6.45) is 3.74. The molecule has 1 aliphatic rings. The van der Waals surface area contributed by atoms with Crippen LogP contribution in [0.15, 0.2) is 41.9 Å². The number of likely N-dealkylation sites (tertiary alicyclic amines) is 1. The summed E-state index contributed by atoms with van der Waals surface area (Å²) >= 11 is 1.46. The van der Waals surface area contributed by atoms with Crippen molar-refractivity contribution in [1.29, 1.82) is 0 Å². The molecular formula is C16H19N3OS. The topological polar surface area (TPSA) is 45.2 Å². The fourth-order valence-electron chi connectivity index (χ4n) is 2.75. The molecule has 0 radical (unpaired) electrons. The van der Waals surface area contributed by atoms with Crippen LogP contribution in [0.25, 0.3) is 0 Å². The molecule has 1 saturated heterocycles. The van der Waals surface area contributed by atoms with Gasteiger partial charge in [0.15, 0.2) is 5.13 Å². The number of carbonyl (C=O) groups is 1. The second-order valence-electron chi connectivity index (χ2n) is 5.39. The van der Waals surface area contributed by atoms with Crippen LogP contribution in [0.3, 0.4) is 0 Å². The number of benzene rings is 1. The molecule has 1 aromatic heterocycles. The van der Waals surface area contributed by atoms with Crippen LogP contribution >= 0.6 is 11.3 Å². The molecule has 1 aliphatic heterocycles. The zero-order valence-corrected chi connectivity index (χ0v) is 12.7. The number of hydrogen-bond acceptors (Lipinski definition) is 4. The van der Waals surface area contributed by atoms with Gasteiger partial charge in [-0.2, -0.15) is 0 Å². The molecule has 0 bridgehead atoms. The highest BCUT2D eigenvalue weighted by Crippen LogP contribution is 2.21. The van der Waals surface area contributed by atoms with E-state index < -0.39 is 0 Å². The maximum Gasteiger partial charge on any atom is 0.230 e. The van der Waals surface area contributed by atoms with Crippen LogP contribution < -0.4 is 5.32 Å². The number of aromatic nitrogens is 1. The van der Waals surface area contributed by atoms with Gasteiger partial charge in [0, 0.05) is 24.7 Å². The number of nitrogens with one attached hydrogen (secondary N) is 1. The van der Waals surface area contributed by atoms with Crippen LogP contribution in [0.1, 0.15) is 18.4 Å². The van der Waals surface area contributed by atoms with E-state index in [1.165, 1.54) is 16.9 Å². The fourth-order valence-corrected chi connectivity index (χ4v) is 3.28. The molecule has 110 valence electrons. The third-order valence-electron chi connectivity index (χ3n) is 3.79. The van der Waals surface area contributed by atoms with Crippen LogP contribution in [0, 0.1) is 5.92 Å². The minimum Gasteiger partial charge on any atom is -0.302 e. The smallest absolute Gasteiger partial charge is 0.230 e. The van der Waals surface area contributed by atoms with E-state index in [1.807, 2.05) is 11.4 Å². The Morgan fingerprint density at radius 3 is 3.00 bits per heavy atom. The third-order valence-corrected chi connectivity index (χ3v) is 4.48. The normalized spacial score (nSPS) is 19.3. The van der Waals surface area contributed by atoms with Crippen LogP contribution in [-0.4, -0.2) is 28.9 Å². The number of anilines is 1. The van der Waals surface area contributed by atoms with Gasteiger partial charge in [-0.3, -0.25) is 9.69 Å². The number of carbonyl (C=O) groups excluding carboxylic acids is 1. The van der Waals surface area contributed by atoms with Gasteiger partial charge in [-0.15, -0.1) is 11.3 Å². The Bertz CT molecular complexity index is 570. The summed E-state index contributed by atoms with van der Waals surface area (Å²) in [6.45, 7) is 2.81. The monoisotopic (exact) mass is 301 g/mol. The van der Waals surface area contributed by atoms with Gasteiger partial charge in [0.25, 0.3) is 0 Å². The molecule has 4 nitrogen and oxygen atoms in total. The Hall–Kier alpha value is -1.72. The molecule has 5 heteroatoms. The summed E-state index contributed by atoms with van der Waals surface area (Å²) in [5.41, 5.74) is 1.30. The van der Waals surface area contributed by atoms with E-state index in [4.69, 9.17) is 0 Å². The van der Waals surface area contributed by atoms with E-state index in [1.54, 1.807) is 6.20 Å². The van der Waals surface area contributed by atoms with Crippen molar-refractivity contribution in [3.8, 4) is 0 Å². The van der Waals surface area contributed by atoms with Crippen LogP contribution in [0.2, 0.25) is 0 Å². The van der Waals surface area contributed by atoms with E-state index in [2.05, 4.69) is 39.5 Å². The molecule has 0 spiro atoms. The van der Waals surface area contributed by atoms with Crippen molar-refractivity contribution < 1.29 is 4.79 Å². The van der Waals surface area contributed by atoms with Crippen molar-refractivity contribution in [3.63, 3.8) is 0 Å². The molecule has 21 heavy (non-hydrogen) atoms. The highest BCUT2D eigenvalue weighted by atomic mass is 32.1. The van der Waals surface area contributed by atoms with Gasteiger partial charge >= 0.3 is 0 Å². The highest BCUT2D eigenvalue weighted by molar-refractivity contribution is 7.13. The molecule has 1 atom stereocenters. The first kappa shape index (κ1) is 14.2. The number of nitrogens with zero attached hydrogens (tertiary/aromatic N) is 2. The van der Waals surface area contributed by atoms with Crippen LogP contribution in [0.5, 0.6) is 0 Å². The Morgan fingerprint density at radius 1 is 1.38 bits per heavy atom. The van der Waals surface area contributed by atoms with Gasteiger partial charge in [-0.25, -0.2) is 4.98 Å². The summed E-state index contributed by atoms with van der Waals surface area (Å²) in [5, 5.41) is 5.49. The lowest BCUT2D eigenvalue weighted by atomic mass is 9.97. The van der Waals surface area contributed by atoms with Gasteiger partial charge in [0.1, 0.15) is 0 Å². The molecule has 3 rings (SSSR count). The second kappa shape index (κ2) is 6.83. The Balaban J connectivity index is 1.56. The first-order valence-electron chi connectivity index (χ1n) is 7.28. The predicted molar refractivity (Wildman–Crippen MR) is 85.2 cm³/mol. The zero-order chi connectivity index (χ0) is 14.5. The third kappa shape index (κ3) is 3.89. The first-order chi connectivity index (χ1) is 10.3. The predicted octanol–water partition coefficient (Wildman–Crippen LogP) is 2.99. The molecule has 0 aliphatic carbocycles. The van der Waals surface area contributed by atoms with Crippen LogP contribution in [-0.2, 0) is 11.3 Å². The van der Waals surface area contributed by atoms with Crippen molar-refractivity contribution in [2.45, 2.75) is 19.4 Å². The van der Waals surface area contributed by atoms with E-state index in [9.17, 15) is 4.79 Å². The minimum atomic E-state index is 0.0614. The van der Waals surface area contributed by atoms with Crippen LogP contribution in [0.4, 0.5) is 5.13 Å². The SMILES string of the molecule is O=C(Nc1nccs1)C1CCCN(Cc2ccccc2)C1. The molecule has 0 saturated carbocycles. The quantitative estimate of drug-likeness (QED) is 0.944. The number of piperidine rings is 1. The number of thiazole rings is 1. The summed E-state index contributed by atoms with van der Waals surface area (Å²) < 4.78 is 0. The van der Waals surface area contributed by atoms with Crippen molar-refractivity contribution in [2.75, 3.05) is 18.4 Å². The van der Waals surface area contributed by atoms with Gasteiger partial charge in [0.05, 0.1) is 5.92 Å². The molecule has 2 aromatic rings. The minimum absolute atomic E-state index is 0.0614. The Morgan fingerprint density at radius 2 is 2.24 bits per heavy atom. The molecule has 1 N–H and O–H groups in total. The average Bonchev–Trinajstić information content (AvgIpc) is 3.01. The number of rotatable bonds is 4. The van der Waals surface area contributed by atoms with Gasteiger partial charge in [-0.05, 0) is 24.9 Å². The average molecular weight is 301 g/mol. The summed E-state index contributed by atoms with van der Waals surface area (Å²) in [5.74, 6) is 0.161. The Kier molecular flexibility index (Phi) is 4.62. The molecule has 1 fully saturated rings. The van der Waals surface area contributed by atoms with E-state index in [-0.39, 0.29) is 11.8 Å². The molecule has 2 heterocycles. The summed E-state index contributed by atoms with van der Waals surface area (Å²) in [4.78, 5) is 18.8. The van der Waals surface area contributed by atoms with Gasteiger partial charge in [-0.1, -0.05) is 30.3 Å². The standard InChI is InChI=1S/C16H19N3OS/c20-15(18-16-17-8-10-21-16)14-7-4-9-19(12-14)11-13-5-2-1-3-6-13/h1-3,5-6,8,10,14H,4,7,9,11-12H2,(H,17,18,20). The number of hydrogen-bond donors (Lipinski definition) is 1. The summed E-state index contributed by atoms with van der Waals surface area (Å²) in [6, 6.07) is 10.4. The molecular weight excluding hydrogens is 282 g/mol. The van der Waals surface area contributed by atoms with E-state index in [0.29, 0.717) is 5.13 Å². The highest BCUT2D eigenvalue weighted by Gasteiger charge is 2.26. The lowest BCUT2D eigenvalue weighted by Crippen LogP contribution is -2.40. The maximum absolute atomic E-state index is 12.3. The van der Waals surface area contributed by atoms with Crippen molar-refractivity contribution >= 4 is 22.4 Å². The summed E-state index contributed by atoms with van der Waals surface area (Å²) in [7, 11) is 0. The van der Waals surface area contributed by atoms with Gasteiger partial charge < -0.3 is 5.32 Å². The zero-order valence-electron chi connectivity index (χ0n) is 11.9. The van der Waals surface area contributed by atoms with Gasteiger partial charge in [0.2, 0.25) is 5.91 Å². The second-order valence-corrected chi connectivity index (χ2v) is 6.28. The van der Waals surface area contributed by atoms with E-state index in [0.717, 1.165) is 32.5 Å². The Labute approximate surface area is 128 Å². The lowest BCUT2D eigenvalue weighted by molar-refractivity contribution is -0.121. The van der Waals surface area contributed by atoms with Crippen molar-refractivity contribution in [1.82, 2.24) is 9.88 Å². The fraction of sp³-hybridized carbons (Fsp3) is 0.375. The van der Waals surface area contributed by atoms with Crippen molar-refractivity contribution in [3.05, 3.63) is 47.5 Å². The maximum atomic E-state index is 12.3. The first-order valence-corrected chi connectivity index (χ1v) is 8.16. The van der Waals surface area contributed by atoms with E-state index >= 15 is 0 Å². The lowest BCUT2D eigenvalue weighted by Gasteiger charge is -2.31. The molecule has 1 amide bonds. The molecule has 1 aromatic carbocycles.